The lowest BCUT2D eigenvalue weighted by molar-refractivity contribution is 0.164. The molecule has 0 unspecified atom stereocenters. The minimum atomic E-state index is 0.469. The zero-order valence-electron chi connectivity index (χ0n) is 15.9. The Kier molecular flexibility index (Phi) is 6.96. The van der Waals surface area contributed by atoms with Crippen molar-refractivity contribution in [2.24, 2.45) is 5.10 Å². The van der Waals surface area contributed by atoms with Gasteiger partial charge in [-0.25, -0.2) is 4.98 Å². The van der Waals surface area contributed by atoms with Gasteiger partial charge in [-0.1, -0.05) is 0 Å². The summed E-state index contributed by atoms with van der Waals surface area (Å²) in [5.41, 5.74) is 6.17. The normalized spacial score (nSPS) is 11.9. The van der Waals surface area contributed by atoms with E-state index >= 15 is 0 Å². The predicted molar refractivity (Wildman–Crippen MR) is 107 cm³/mol. The van der Waals surface area contributed by atoms with Gasteiger partial charge in [-0.2, -0.15) is 5.10 Å². The van der Waals surface area contributed by atoms with E-state index in [1.807, 2.05) is 30.7 Å². The third-order valence-corrected chi connectivity index (χ3v) is 4.84. The van der Waals surface area contributed by atoms with Crippen molar-refractivity contribution < 1.29 is 4.74 Å². The maximum atomic E-state index is 5.54. The van der Waals surface area contributed by atoms with E-state index in [-0.39, 0.29) is 0 Å². The van der Waals surface area contributed by atoms with Gasteiger partial charge in [-0.3, -0.25) is 10.3 Å². The molecule has 5 nitrogen and oxygen atoms in total. The molecule has 25 heavy (non-hydrogen) atoms. The van der Waals surface area contributed by atoms with Crippen molar-refractivity contribution in [3.05, 3.63) is 40.4 Å². The number of hydrazone groups is 1. The van der Waals surface area contributed by atoms with E-state index in [9.17, 15) is 0 Å². The molecule has 0 atom stereocenters. The summed E-state index contributed by atoms with van der Waals surface area (Å²) in [4.78, 5) is 6.77. The number of benzene rings is 1. The average Bonchev–Trinajstić information content (AvgIpc) is 2.97. The van der Waals surface area contributed by atoms with Gasteiger partial charge in [0.05, 0.1) is 19.0 Å². The van der Waals surface area contributed by atoms with Crippen LogP contribution in [0.2, 0.25) is 0 Å². The molecule has 0 saturated carbocycles. The summed E-state index contributed by atoms with van der Waals surface area (Å²) in [6.45, 7) is 11.7. The van der Waals surface area contributed by atoms with Crippen LogP contribution in [0.4, 0.5) is 5.13 Å². The van der Waals surface area contributed by atoms with Gasteiger partial charge in [0.1, 0.15) is 5.75 Å². The molecule has 1 N–H and O–H groups in total. The Hall–Kier alpha value is -1.92. The Bertz CT molecular complexity index is 701. The minimum absolute atomic E-state index is 0.469. The molecule has 0 saturated heterocycles. The largest absolute Gasteiger partial charge is 0.496 e. The molecule has 0 fully saturated rings. The molecule has 0 radical (unpaired) electrons. The van der Waals surface area contributed by atoms with Gasteiger partial charge in [0.2, 0.25) is 5.13 Å². The molecule has 0 aliphatic carbocycles. The lowest BCUT2D eigenvalue weighted by Crippen LogP contribution is -2.36. The number of ether oxygens (including phenoxy) is 1. The predicted octanol–water partition coefficient (Wildman–Crippen LogP) is 4.52. The highest BCUT2D eigenvalue weighted by Crippen LogP contribution is 2.23. The number of anilines is 1. The highest BCUT2D eigenvalue weighted by Gasteiger charge is 2.16. The molecule has 1 heterocycles. The lowest BCUT2D eigenvalue weighted by Gasteiger charge is -2.31. The summed E-state index contributed by atoms with van der Waals surface area (Å²) in [6, 6.07) is 7.09. The van der Waals surface area contributed by atoms with E-state index in [4.69, 9.17) is 4.74 Å². The van der Waals surface area contributed by atoms with Crippen molar-refractivity contribution in [3.63, 3.8) is 0 Å². The number of nitrogens with zero attached hydrogens (tertiary/aromatic N) is 3. The number of aryl methyl sites for hydroxylation is 1. The quantitative estimate of drug-likeness (QED) is 0.555. The number of rotatable bonds is 8. The van der Waals surface area contributed by atoms with Crippen LogP contribution in [0.1, 0.15) is 44.5 Å². The van der Waals surface area contributed by atoms with Crippen molar-refractivity contribution in [1.29, 1.82) is 0 Å². The monoisotopic (exact) mass is 360 g/mol. The lowest BCUT2D eigenvalue weighted by atomic mass is 10.1. The molecule has 2 rings (SSSR count). The zero-order chi connectivity index (χ0) is 18.4. The first kappa shape index (κ1) is 19.4. The van der Waals surface area contributed by atoms with Gasteiger partial charge >= 0.3 is 0 Å². The second-order valence-corrected chi connectivity index (χ2v) is 7.45. The fourth-order valence-electron chi connectivity index (χ4n) is 2.73. The first-order valence-corrected chi connectivity index (χ1v) is 9.42. The zero-order valence-corrected chi connectivity index (χ0v) is 16.7. The highest BCUT2D eigenvalue weighted by molar-refractivity contribution is 7.13. The van der Waals surface area contributed by atoms with E-state index in [1.54, 1.807) is 18.4 Å². The number of methoxy groups -OCH3 is 1. The van der Waals surface area contributed by atoms with Gasteiger partial charge < -0.3 is 4.74 Å². The van der Waals surface area contributed by atoms with Crippen LogP contribution in [0.5, 0.6) is 5.75 Å². The Morgan fingerprint density at radius 2 is 2.00 bits per heavy atom. The summed E-state index contributed by atoms with van der Waals surface area (Å²) in [5, 5.41) is 7.08. The number of nitrogens with one attached hydrogen (secondary N) is 1. The van der Waals surface area contributed by atoms with Crippen molar-refractivity contribution >= 4 is 22.7 Å². The van der Waals surface area contributed by atoms with Crippen LogP contribution in [-0.4, -0.2) is 35.3 Å². The number of hydrogen-bond acceptors (Lipinski definition) is 6. The van der Waals surface area contributed by atoms with Crippen LogP contribution in [0.15, 0.2) is 28.7 Å². The van der Waals surface area contributed by atoms with Gasteiger partial charge in [0, 0.05) is 29.6 Å². The fraction of sp³-hybridized carbons (Fsp3) is 0.474. The van der Waals surface area contributed by atoms with Crippen molar-refractivity contribution in [1.82, 2.24) is 9.88 Å². The summed E-state index contributed by atoms with van der Waals surface area (Å²) in [5.74, 6) is 0.909. The Morgan fingerprint density at radius 1 is 1.28 bits per heavy atom. The first-order chi connectivity index (χ1) is 11.9. The fourth-order valence-corrected chi connectivity index (χ4v) is 3.36. The van der Waals surface area contributed by atoms with E-state index in [2.05, 4.69) is 54.2 Å². The molecule has 1 aromatic carbocycles. The van der Waals surface area contributed by atoms with E-state index in [0.717, 1.165) is 28.7 Å². The number of thiazole rings is 1. The van der Waals surface area contributed by atoms with Crippen molar-refractivity contribution in [3.8, 4) is 5.75 Å². The summed E-state index contributed by atoms with van der Waals surface area (Å²) >= 11 is 1.55. The molecule has 2 aromatic rings. The van der Waals surface area contributed by atoms with Crippen LogP contribution in [0.25, 0.3) is 0 Å². The Morgan fingerprint density at radius 3 is 2.56 bits per heavy atom. The van der Waals surface area contributed by atoms with Crippen LogP contribution in [-0.2, 0) is 6.54 Å². The maximum Gasteiger partial charge on any atom is 0.203 e. The standard InChI is InChI=1S/C19H28N4OS/c1-13(2)23(14(3)4)11-17-9-16(7-8-18(17)24-6)10-20-22-19-21-15(5)12-25-19/h7-10,12-14H,11H2,1-6H3,(H,21,22). The second kappa shape index (κ2) is 8.97. The SMILES string of the molecule is COc1ccc(C=NNc2nc(C)cs2)cc1CN(C(C)C)C(C)C. The number of hydrogen-bond donors (Lipinski definition) is 1. The minimum Gasteiger partial charge on any atom is -0.496 e. The third-order valence-electron chi connectivity index (χ3n) is 3.98. The van der Waals surface area contributed by atoms with Crippen molar-refractivity contribution in [2.45, 2.75) is 53.2 Å². The highest BCUT2D eigenvalue weighted by atomic mass is 32.1. The molecule has 0 bridgehead atoms. The van der Waals surface area contributed by atoms with Crippen LogP contribution >= 0.6 is 11.3 Å². The van der Waals surface area contributed by atoms with Gasteiger partial charge in [-0.05, 0) is 58.4 Å². The Labute approximate surface area is 154 Å². The van der Waals surface area contributed by atoms with Crippen LogP contribution < -0.4 is 10.2 Å². The topological polar surface area (TPSA) is 49.8 Å². The molecule has 0 spiro atoms. The summed E-state index contributed by atoms with van der Waals surface area (Å²) in [6.07, 6.45) is 1.81. The summed E-state index contributed by atoms with van der Waals surface area (Å²) in [7, 11) is 1.72. The smallest absolute Gasteiger partial charge is 0.203 e. The van der Waals surface area contributed by atoms with Gasteiger partial charge in [0.15, 0.2) is 0 Å². The van der Waals surface area contributed by atoms with Crippen molar-refractivity contribution in [2.75, 3.05) is 12.5 Å². The van der Waals surface area contributed by atoms with Gasteiger partial charge in [0.25, 0.3) is 0 Å². The van der Waals surface area contributed by atoms with Crippen LogP contribution in [0, 0.1) is 6.92 Å². The van der Waals surface area contributed by atoms with E-state index in [1.165, 1.54) is 5.56 Å². The first-order valence-electron chi connectivity index (χ1n) is 8.54. The molecular formula is C19H28N4OS. The van der Waals surface area contributed by atoms with Gasteiger partial charge in [-0.15, -0.1) is 11.3 Å². The molecular weight excluding hydrogens is 332 g/mol. The molecule has 136 valence electrons. The average molecular weight is 361 g/mol. The third kappa shape index (κ3) is 5.54. The molecule has 0 amide bonds. The molecule has 0 aliphatic heterocycles. The summed E-state index contributed by atoms with van der Waals surface area (Å²) < 4.78 is 5.54. The number of aromatic nitrogens is 1. The molecule has 1 aromatic heterocycles. The molecule has 0 aliphatic rings. The Balaban J connectivity index is 2.15. The maximum absolute atomic E-state index is 5.54. The van der Waals surface area contributed by atoms with E-state index < -0.39 is 0 Å². The molecule has 6 heteroatoms. The van der Waals surface area contributed by atoms with E-state index in [0.29, 0.717) is 12.1 Å². The van der Waals surface area contributed by atoms with Crippen LogP contribution in [0.3, 0.4) is 0 Å². The second-order valence-electron chi connectivity index (χ2n) is 6.60.